The molecule has 4 nitrogen and oxygen atoms in total. The van der Waals surface area contributed by atoms with Crippen LogP contribution in [0.3, 0.4) is 0 Å². The molecule has 0 aliphatic heterocycles. The Balaban J connectivity index is 1.97. The summed E-state index contributed by atoms with van der Waals surface area (Å²) < 4.78 is 4.12. The van der Waals surface area contributed by atoms with Gasteiger partial charge in [-0.3, -0.25) is 4.68 Å². The van der Waals surface area contributed by atoms with Crippen molar-refractivity contribution in [1.82, 2.24) is 14.3 Å². The third kappa shape index (κ3) is 2.82. The summed E-state index contributed by atoms with van der Waals surface area (Å²) >= 11 is 0. The van der Waals surface area contributed by atoms with E-state index in [2.05, 4.69) is 48.0 Å². The molecule has 1 atom stereocenters. The van der Waals surface area contributed by atoms with Crippen molar-refractivity contribution < 1.29 is 0 Å². The highest BCUT2D eigenvalue weighted by molar-refractivity contribution is 5.15. The van der Waals surface area contributed by atoms with Gasteiger partial charge in [0.2, 0.25) is 0 Å². The molecule has 4 heteroatoms. The average molecular weight is 246 g/mol. The minimum Gasteiger partial charge on any atom is -0.354 e. The summed E-state index contributed by atoms with van der Waals surface area (Å²) in [4.78, 5) is 0. The second kappa shape index (κ2) is 5.40. The van der Waals surface area contributed by atoms with Gasteiger partial charge in [0, 0.05) is 50.3 Å². The number of nitrogens with zero attached hydrogens (tertiary/aromatic N) is 3. The average Bonchev–Trinajstić information content (AvgIpc) is 2.94. The van der Waals surface area contributed by atoms with E-state index >= 15 is 0 Å². The van der Waals surface area contributed by atoms with Crippen LogP contribution in [0.25, 0.3) is 0 Å². The number of aryl methyl sites for hydroxylation is 3. The van der Waals surface area contributed by atoms with E-state index in [1.54, 1.807) is 0 Å². The van der Waals surface area contributed by atoms with Crippen LogP contribution in [0.15, 0.2) is 30.7 Å². The summed E-state index contributed by atoms with van der Waals surface area (Å²) in [6.07, 6.45) is 7.08. The second-order valence-electron chi connectivity index (χ2n) is 5.15. The standard InChI is InChI=1S/C14H22N4/c1-11(2)14(15)12-5-8-18(10-12)9-6-13-4-7-16-17(13)3/h4-5,7-8,10-11,14H,6,9,15H2,1-3H3. The number of hydrogen-bond donors (Lipinski definition) is 1. The van der Waals surface area contributed by atoms with Crippen LogP contribution in [0.2, 0.25) is 0 Å². The molecule has 0 aromatic carbocycles. The monoisotopic (exact) mass is 246 g/mol. The van der Waals surface area contributed by atoms with Crippen molar-refractivity contribution in [2.24, 2.45) is 18.7 Å². The maximum atomic E-state index is 6.14. The molecule has 2 rings (SSSR count). The van der Waals surface area contributed by atoms with Crippen LogP contribution in [0.1, 0.15) is 31.1 Å². The first-order chi connectivity index (χ1) is 8.58. The van der Waals surface area contributed by atoms with Crippen molar-refractivity contribution in [2.75, 3.05) is 0 Å². The van der Waals surface area contributed by atoms with Crippen LogP contribution in [-0.2, 0) is 20.0 Å². The largest absolute Gasteiger partial charge is 0.354 e. The van der Waals surface area contributed by atoms with Crippen molar-refractivity contribution in [3.05, 3.63) is 42.0 Å². The van der Waals surface area contributed by atoms with Crippen LogP contribution in [0.4, 0.5) is 0 Å². The molecule has 0 bridgehead atoms. The lowest BCUT2D eigenvalue weighted by atomic mass is 10.00. The van der Waals surface area contributed by atoms with Crippen LogP contribution in [-0.4, -0.2) is 14.3 Å². The summed E-state index contributed by atoms with van der Waals surface area (Å²) in [5, 5.41) is 4.17. The highest BCUT2D eigenvalue weighted by Crippen LogP contribution is 2.19. The zero-order valence-electron chi connectivity index (χ0n) is 11.4. The third-order valence-corrected chi connectivity index (χ3v) is 3.43. The van der Waals surface area contributed by atoms with E-state index in [-0.39, 0.29) is 6.04 Å². The molecule has 0 fully saturated rings. The van der Waals surface area contributed by atoms with Gasteiger partial charge < -0.3 is 10.3 Å². The van der Waals surface area contributed by atoms with Gasteiger partial charge in [-0.1, -0.05) is 13.8 Å². The molecule has 0 saturated carbocycles. The summed E-state index contributed by atoms with van der Waals surface area (Å²) in [5.74, 6) is 0.470. The van der Waals surface area contributed by atoms with E-state index in [1.807, 2.05) is 17.9 Å². The molecule has 0 amide bonds. The first kappa shape index (κ1) is 12.9. The minimum absolute atomic E-state index is 0.128. The van der Waals surface area contributed by atoms with E-state index in [9.17, 15) is 0 Å². The molecule has 1 unspecified atom stereocenters. The molecular formula is C14H22N4. The zero-order chi connectivity index (χ0) is 13.1. The predicted molar refractivity (Wildman–Crippen MR) is 73.1 cm³/mol. The predicted octanol–water partition coefficient (Wildman–Crippen LogP) is 2.12. The summed E-state index contributed by atoms with van der Waals surface area (Å²) in [6.45, 7) is 5.26. The van der Waals surface area contributed by atoms with E-state index in [0.29, 0.717) is 5.92 Å². The molecule has 0 saturated heterocycles. The minimum atomic E-state index is 0.128. The first-order valence-corrected chi connectivity index (χ1v) is 6.46. The summed E-state index contributed by atoms with van der Waals surface area (Å²) in [7, 11) is 1.98. The second-order valence-corrected chi connectivity index (χ2v) is 5.15. The van der Waals surface area contributed by atoms with Crippen molar-refractivity contribution in [3.8, 4) is 0 Å². The van der Waals surface area contributed by atoms with Gasteiger partial charge in [0.25, 0.3) is 0 Å². The topological polar surface area (TPSA) is 48.8 Å². The SMILES string of the molecule is CC(C)C(N)c1ccn(CCc2ccnn2C)c1. The molecule has 2 N–H and O–H groups in total. The molecule has 0 aliphatic rings. The van der Waals surface area contributed by atoms with Gasteiger partial charge in [-0.2, -0.15) is 5.10 Å². The van der Waals surface area contributed by atoms with Crippen molar-refractivity contribution >= 4 is 0 Å². The molecule has 0 aliphatic carbocycles. The Kier molecular flexibility index (Phi) is 3.87. The fraction of sp³-hybridized carbons (Fsp3) is 0.500. The maximum absolute atomic E-state index is 6.14. The molecule has 18 heavy (non-hydrogen) atoms. The molecule has 2 aromatic rings. The Labute approximate surface area is 108 Å². The smallest absolute Gasteiger partial charge is 0.0492 e. The van der Waals surface area contributed by atoms with E-state index in [0.717, 1.165) is 13.0 Å². The Bertz CT molecular complexity index is 495. The molecule has 2 heterocycles. The Hall–Kier alpha value is -1.55. The fourth-order valence-corrected chi connectivity index (χ4v) is 2.07. The number of rotatable bonds is 5. The first-order valence-electron chi connectivity index (χ1n) is 6.46. The van der Waals surface area contributed by atoms with E-state index in [1.165, 1.54) is 11.3 Å². The fourth-order valence-electron chi connectivity index (χ4n) is 2.07. The van der Waals surface area contributed by atoms with Crippen LogP contribution < -0.4 is 5.73 Å². The van der Waals surface area contributed by atoms with Crippen LogP contribution in [0.5, 0.6) is 0 Å². The summed E-state index contributed by atoms with van der Waals surface area (Å²) in [5.41, 5.74) is 8.60. The van der Waals surface area contributed by atoms with Gasteiger partial charge in [0.1, 0.15) is 0 Å². The maximum Gasteiger partial charge on any atom is 0.0492 e. The normalized spacial score (nSPS) is 13.2. The highest BCUT2D eigenvalue weighted by atomic mass is 15.3. The van der Waals surface area contributed by atoms with Gasteiger partial charge in [0.15, 0.2) is 0 Å². The van der Waals surface area contributed by atoms with Crippen LogP contribution in [0, 0.1) is 5.92 Å². The Morgan fingerprint density at radius 2 is 2.11 bits per heavy atom. The highest BCUT2D eigenvalue weighted by Gasteiger charge is 2.11. The number of aromatic nitrogens is 3. The molecule has 0 spiro atoms. The van der Waals surface area contributed by atoms with Crippen molar-refractivity contribution in [2.45, 2.75) is 32.9 Å². The van der Waals surface area contributed by atoms with Crippen molar-refractivity contribution in [1.29, 1.82) is 0 Å². The quantitative estimate of drug-likeness (QED) is 0.878. The molecule has 2 aromatic heterocycles. The van der Waals surface area contributed by atoms with Crippen LogP contribution >= 0.6 is 0 Å². The lowest BCUT2D eigenvalue weighted by Crippen LogP contribution is -2.16. The Morgan fingerprint density at radius 3 is 2.72 bits per heavy atom. The zero-order valence-corrected chi connectivity index (χ0v) is 11.4. The molecule has 98 valence electrons. The number of hydrogen-bond acceptors (Lipinski definition) is 2. The molecule has 0 radical (unpaired) electrons. The van der Waals surface area contributed by atoms with Gasteiger partial charge >= 0.3 is 0 Å². The van der Waals surface area contributed by atoms with Crippen molar-refractivity contribution in [3.63, 3.8) is 0 Å². The third-order valence-electron chi connectivity index (χ3n) is 3.43. The van der Waals surface area contributed by atoms with Gasteiger partial charge in [-0.25, -0.2) is 0 Å². The van der Waals surface area contributed by atoms with Gasteiger partial charge in [-0.15, -0.1) is 0 Å². The molecular weight excluding hydrogens is 224 g/mol. The summed E-state index contributed by atoms with van der Waals surface area (Å²) in [6, 6.07) is 4.31. The number of nitrogens with two attached hydrogens (primary N) is 1. The van der Waals surface area contributed by atoms with E-state index in [4.69, 9.17) is 5.73 Å². The lowest BCUT2D eigenvalue weighted by molar-refractivity contribution is 0.513. The van der Waals surface area contributed by atoms with Gasteiger partial charge in [0.05, 0.1) is 0 Å². The van der Waals surface area contributed by atoms with E-state index < -0.39 is 0 Å². The Morgan fingerprint density at radius 1 is 1.33 bits per heavy atom. The lowest BCUT2D eigenvalue weighted by Gasteiger charge is -2.13. The van der Waals surface area contributed by atoms with Gasteiger partial charge in [-0.05, 0) is 23.6 Å².